The molecule has 1 fully saturated rings. The Morgan fingerprint density at radius 3 is 2.67 bits per heavy atom. The average Bonchev–Trinajstić information content (AvgIpc) is 2.83. The van der Waals surface area contributed by atoms with Crippen LogP contribution in [0.15, 0.2) is 0 Å². The Balaban J connectivity index is 1.92. The van der Waals surface area contributed by atoms with Crippen LogP contribution < -0.4 is 14.8 Å². The standard InChI is InChI=1S/C14H25N5O2/c1-10(2)21-14-17-12(15-3)16-13(18-14)20-9-7-11-6-5-8-19(11)4/h10-11H,5-9H2,1-4H3,(H,15,16,17,18). The van der Waals surface area contributed by atoms with Crippen molar-refractivity contribution < 1.29 is 9.47 Å². The van der Waals surface area contributed by atoms with Gasteiger partial charge in [-0.25, -0.2) is 0 Å². The molecule has 1 aliphatic rings. The lowest BCUT2D eigenvalue weighted by atomic mass is 10.2. The van der Waals surface area contributed by atoms with Crippen molar-refractivity contribution in [3.05, 3.63) is 0 Å². The van der Waals surface area contributed by atoms with Gasteiger partial charge in [-0.15, -0.1) is 4.98 Å². The van der Waals surface area contributed by atoms with E-state index in [1.165, 1.54) is 19.4 Å². The van der Waals surface area contributed by atoms with Gasteiger partial charge < -0.3 is 19.7 Å². The van der Waals surface area contributed by atoms with E-state index >= 15 is 0 Å². The molecular weight excluding hydrogens is 270 g/mol. The summed E-state index contributed by atoms with van der Waals surface area (Å²) in [4.78, 5) is 14.9. The maximum atomic E-state index is 5.67. The first-order valence-corrected chi connectivity index (χ1v) is 7.52. The van der Waals surface area contributed by atoms with E-state index in [-0.39, 0.29) is 12.1 Å². The molecule has 1 aromatic rings. The second-order valence-electron chi connectivity index (χ2n) is 5.55. The highest BCUT2D eigenvalue weighted by molar-refractivity contribution is 5.26. The quantitative estimate of drug-likeness (QED) is 0.818. The summed E-state index contributed by atoms with van der Waals surface area (Å²) in [5, 5.41) is 2.89. The smallest absolute Gasteiger partial charge is 0.324 e. The molecule has 118 valence electrons. The Morgan fingerprint density at radius 2 is 2.05 bits per heavy atom. The van der Waals surface area contributed by atoms with Crippen molar-refractivity contribution >= 4 is 5.95 Å². The predicted molar refractivity (Wildman–Crippen MR) is 80.9 cm³/mol. The summed E-state index contributed by atoms with van der Waals surface area (Å²) in [6.45, 7) is 5.63. The average molecular weight is 295 g/mol. The van der Waals surface area contributed by atoms with Gasteiger partial charge in [0.2, 0.25) is 5.95 Å². The number of hydrogen-bond donors (Lipinski definition) is 1. The molecule has 2 rings (SSSR count). The van der Waals surface area contributed by atoms with Crippen LogP contribution in [-0.2, 0) is 0 Å². The zero-order chi connectivity index (χ0) is 15.2. The van der Waals surface area contributed by atoms with Crippen molar-refractivity contribution in [2.24, 2.45) is 0 Å². The van der Waals surface area contributed by atoms with Gasteiger partial charge in [0.05, 0.1) is 12.7 Å². The summed E-state index contributed by atoms with van der Waals surface area (Å²) < 4.78 is 11.2. The third kappa shape index (κ3) is 4.70. The summed E-state index contributed by atoms with van der Waals surface area (Å²) >= 11 is 0. The lowest BCUT2D eigenvalue weighted by Gasteiger charge is -2.19. The first-order chi connectivity index (χ1) is 10.1. The lowest BCUT2D eigenvalue weighted by Crippen LogP contribution is -2.26. The highest BCUT2D eigenvalue weighted by Crippen LogP contribution is 2.19. The van der Waals surface area contributed by atoms with Gasteiger partial charge in [0.1, 0.15) is 0 Å². The van der Waals surface area contributed by atoms with Crippen molar-refractivity contribution in [1.82, 2.24) is 19.9 Å². The monoisotopic (exact) mass is 295 g/mol. The van der Waals surface area contributed by atoms with E-state index < -0.39 is 0 Å². The molecular formula is C14H25N5O2. The highest BCUT2D eigenvalue weighted by Gasteiger charge is 2.20. The molecule has 1 saturated heterocycles. The molecule has 0 bridgehead atoms. The molecule has 21 heavy (non-hydrogen) atoms. The summed E-state index contributed by atoms with van der Waals surface area (Å²) in [5.41, 5.74) is 0. The maximum Gasteiger partial charge on any atom is 0.324 e. The number of rotatable bonds is 7. The molecule has 7 nitrogen and oxygen atoms in total. The van der Waals surface area contributed by atoms with Crippen LogP contribution in [0.1, 0.15) is 33.1 Å². The fraction of sp³-hybridized carbons (Fsp3) is 0.786. The van der Waals surface area contributed by atoms with Gasteiger partial charge in [-0.1, -0.05) is 0 Å². The summed E-state index contributed by atoms with van der Waals surface area (Å²) in [6.07, 6.45) is 3.50. The molecule has 7 heteroatoms. The van der Waals surface area contributed by atoms with Crippen molar-refractivity contribution in [3.8, 4) is 12.0 Å². The van der Waals surface area contributed by atoms with Crippen LogP contribution in [0.3, 0.4) is 0 Å². The Kier molecular flexibility index (Phi) is 5.55. The molecule has 0 radical (unpaired) electrons. The van der Waals surface area contributed by atoms with Gasteiger partial charge in [0.25, 0.3) is 0 Å². The predicted octanol–water partition coefficient (Wildman–Crippen LogP) is 1.56. The molecule has 1 atom stereocenters. The molecule has 1 N–H and O–H groups in total. The van der Waals surface area contributed by atoms with Gasteiger partial charge in [-0.3, -0.25) is 0 Å². The zero-order valence-electron chi connectivity index (χ0n) is 13.3. The van der Waals surface area contributed by atoms with Crippen molar-refractivity contribution in [2.75, 3.05) is 32.6 Å². The van der Waals surface area contributed by atoms with E-state index in [0.717, 1.165) is 6.42 Å². The minimum atomic E-state index is 0.0112. The fourth-order valence-corrected chi connectivity index (χ4v) is 2.41. The number of ether oxygens (including phenoxy) is 2. The third-order valence-electron chi connectivity index (χ3n) is 3.51. The molecule has 2 heterocycles. The molecule has 0 spiro atoms. The highest BCUT2D eigenvalue weighted by atomic mass is 16.5. The van der Waals surface area contributed by atoms with Gasteiger partial charge in [0, 0.05) is 13.1 Å². The van der Waals surface area contributed by atoms with Crippen LogP contribution in [0.4, 0.5) is 5.95 Å². The number of nitrogens with zero attached hydrogens (tertiary/aromatic N) is 4. The van der Waals surface area contributed by atoms with Crippen LogP contribution in [-0.4, -0.2) is 59.2 Å². The van der Waals surface area contributed by atoms with E-state index in [9.17, 15) is 0 Å². The van der Waals surface area contributed by atoms with E-state index in [1.54, 1.807) is 7.05 Å². The topological polar surface area (TPSA) is 72.4 Å². The molecule has 0 aromatic carbocycles. The zero-order valence-corrected chi connectivity index (χ0v) is 13.3. The Hall–Kier alpha value is -1.63. The van der Waals surface area contributed by atoms with Crippen molar-refractivity contribution in [2.45, 2.75) is 45.3 Å². The van der Waals surface area contributed by atoms with Crippen LogP contribution in [0.2, 0.25) is 0 Å². The Bertz CT molecular complexity index is 455. The van der Waals surface area contributed by atoms with Crippen LogP contribution >= 0.6 is 0 Å². The summed E-state index contributed by atoms with van der Waals surface area (Å²) in [5.74, 6) is 0.452. The van der Waals surface area contributed by atoms with Crippen molar-refractivity contribution in [1.29, 1.82) is 0 Å². The lowest BCUT2D eigenvalue weighted by molar-refractivity contribution is 0.203. The second kappa shape index (κ2) is 7.40. The first-order valence-electron chi connectivity index (χ1n) is 7.52. The van der Waals surface area contributed by atoms with Gasteiger partial charge in [0.15, 0.2) is 0 Å². The Labute approximate surface area is 126 Å². The second-order valence-corrected chi connectivity index (χ2v) is 5.55. The molecule has 0 saturated carbocycles. The molecule has 1 unspecified atom stereocenters. The van der Waals surface area contributed by atoms with E-state index in [2.05, 4.69) is 32.2 Å². The van der Waals surface area contributed by atoms with Crippen LogP contribution in [0.25, 0.3) is 0 Å². The number of anilines is 1. The first kappa shape index (κ1) is 15.8. The minimum Gasteiger partial charge on any atom is -0.463 e. The number of nitrogens with one attached hydrogen (secondary N) is 1. The van der Waals surface area contributed by atoms with E-state index in [4.69, 9.17) is 9.47 Å². The molecule has 1 aliphatic heterocycles. The van der Waals surface area contributed by atoms with E-state index in [0.29, 0.717) is 24.6 Å². The molecule has 1 aromatic heterocycles. The van der Waals surface area contributed by atoms with Crippen LogP contribution in [0, 0.1) is 0 Å². The minimum absolute atomic E-state index is 0.0112. The fourth-order valence-electron chi connectivity index (χ4n) is 2.41. The number of likely N-dealkylation sites (tertiary alicyclic amines) is 1. The van der Waals surface area contributed by atoms with Gasteiger partial charge in [-0.05, 0) is 46.7 Å². The van der Waals surface area contributed by atoms with E-state index in [1.807, 2.05) is 13.8 Å². The SMILES string of the molecule is CNc1nc(OCCC2CCCN2C)nc(OC(C)C)n1. The summed E-state index contributed by atoms with van der Waals surface area (Å²) in [6, 6.07) is 1.20. The van der Waals surface area contributed by atoms with Crippen LogP contribution in [0.5, 0.6) is 12.0 Å². The number of aromatic nitrogens is 3. The third-order valence-corrected chi connectivity index (χ3v) is 3.51. The van der Waals surface area contributed by atoms with Crippen molar-refractivity contribution in [3.63, 3.8) is 0 Å². The molecule has 0 aliphatic carbocycles. The summed E-state index contributed by atoms with van der Waals surface area (Å²) in [7, 11) is 3.92. The largest absolute Gasteiger partial charge is 0.463 e. The maximum absolute atomic E-state index is 5.67. The number of hydrogen-bond acceptors (Lipinski definition) is 7. The van der Waals surface area contributed by atoms with Gasteiger partial charge >= 0.3 is 12.0 Å². The molecule has 0 amide bonds. The van der Waals surface area contributed by atoms with Gasteiger partial charge in [-0.2, -0.15) is 9.97 Å². The Morgan fingerprint density at radius 1 is 1.29 bits per heavy atom. The normalized spacial score (nSPS) is 19.0.